The second kappa shape index (κ2) is 6.87. The van der Waals surface area contributed by atoms with E-state index >= 15 is 0 Å². The van der Waals surface area contributed by atoms with Gasteiger partial charge in [-0.1, -0.05) is 25.6 Å². The third kappa shape index (κ3) is 5.81. The zero-order chi connectivity index (χ0) is 11.1. The number of rotatable bonds is 7. The van der Waals surface area contributed by atoms with Crippen LogP contribution in [-0.2, 0) is 0 Å². The van der Waals surface area contributed by atoms with E-state index in [4.69, 9.17) is 0 Å². The topological polar surface area (TPSA) is 60.9 Å². The first kappa shape index (κ1) is 12.5. The number of hydrogen-bond donors (Lipinski definition) is 3. The van der Waals surface area contributed by atoms with Gasteiger partial charge in [0.15, 0.2) is 5.16 Å². The van der Waals surface area contributed by atoms with Crippen LogP contribution < -0.4 is 5.32 Å². The first-order valence-corrected chi connectivity index (χ1v) is 6.18. The summed E-state index contributed by atoms with van der Waals surface area (Å²) in [6.07, 6.45) is 3.18. The number of nitrogens with zero attached hydrogens (tertiary/aromatic N) is 1. The molecule has 4 nitrogen and oxygen atoms in total. The number of H-pyrrole nitrogens is 1. The third-order valence-corrected chi connectivity index (χ3v) is 2.87. The predicted molar refractivity (Wildman–Crippen MR) is 63.0 cm³/mol. The summed E-state index contributed by atoms with van der Waals surface area (Å²) in [4.78, 5) is 7.06. The molecule has 0 saturated heterocycles. The number of aromatic amines is 1. The molecule has 0 aliphatic heterocycles. The monoisotopic (exact) mass is 229 g/mol. The Labute approximate surface area is 94.9 Å². The fourth-order valence-corrected chi connectivity index (χ4v) is 1.86. The molecule has 1 heterocycles. The van der Waals surface area contributed by atoms with E-state index in [1.807, 2.05) is 0 Å². The molecular weight excluding hydrogens is 210 g/mol. The number of imidazole rings is 1. The van der Waals surface area contributed by atoms with Crippen molar-refractivity contribution in [2.45, 2.75) is 25.1 Å². The number of hydrogen-bond acceptors (Lipinski definition) is 4. The Morgan fingerprint density at radius 3 is 2.93 bits per heavy atom. The third-order valence-electron chi connectivity index (χ3n) is 1.82. The van der Waals surface area contributed by atoms with Crippen LogP contribution in [0.2, 0.25) is 0 Å². The molecule has 0 aromatic carbocycles. The molecular formula is C10H19N3OS. The molecule has 0 fully saturated rings. The Morgan fingerprint density at radius 2 is 2.33 bits per heavy atom. The Morgan fingerprint density at radius 1 is 1.53 bits per heavy atom. The summed E-state index contributed by atoms with van der Waals surface area (Å²) in [7, 11) is 0. The second-order valence-electron chi connectivity index (χ2n) is 3.91. The lowest BCUT2D eigenvalue weighted by Gasteiger charge is -2.12. The molecule has 0 amide bonds. The smallest absolute Gasteiger partial charge is 0.165 e. The van der Waals surface area contributed by atoms with Crippen LogP contribution >= 0.6 is 11.8 Å². The van der Waals surface area contributed by atoms with Crippen molar-refractivity contribution in [3.63, 3.8) is 0 Å². The standard InChI is InChI=1S/C10H19N3OS/c1-8(2)5-11-6-9(14)7-15-10-12-3-4-13-10/h3-4,8-9,11,14H,5-7H2,1-2H3,(H,12,13). The Bertz CT molecular complexity index is 251. The molecule has 1 atom stereocenters. The fraction of sp³-hybridized carbons (Fsp3) is 0.700. The van der Waals surface area contributed by atoms with Crippen LogP contribution in [0.4, 0.5) is 0 Å². The van der Waals surface area contributed by atoms with Crippen molar-refractivity contribution in [2.75, 3.05) is 18.8 Å². The fourth-order valence-electron chi connectivity index (χ4n) is 1.10. The normalized spacial score (nSPS) is 13.3. The summed E-state index contributed by atoms with van der Waals surface area (Å²) in [6, 6.07) is 0. The van der Waals surface area contributed by atoms with Gasteiger partial charge in [0.05, 0.1) is 6.10 Å². The molecule has 3 N–H and O–H groups in total. The van der Waals surface area contributed by atoms with E-state index in [1.165, 1.54) is 11.8 Å². The minimum atomic E-state index is -0.321. The summed E-state index contributed by atoms with van der Waals surface area (Å²) in [5.41, 5.74) is 0. The molecule has 0 spiro atoms. The molecule has 15 heavy (non-hydrogen) atoms. The SMILES string of the molecule is CC(C)CNCC(O)CSc1ncc[nH]1. The molecule has 1 aromatic rings. The van der Waals surface area contributed by atoms with Gasteiger partial charge in [-0.2, -0.15) is 0 Å². The van der Waals surface area contributed by atoms with Gasteiger partial charge < -0.3 is 15.4 Å². The Balaban J connectivity index is 2.06. The van der Waals surface area contributed by atoms with Crippen molar-refractivity contribution in [1.82, 2.24) is 15.3 Å². The van der Waals surface area contributed by atoms with Crippen LogP contribution in [0.15, 0.2) is 17.6 Å². The first-order chi connectivity index (χ1) is 7.18. The maximum Gasteiger partial charge on any atom is 0.165 e. The zero-order valence-electron chi connectivity index (χ0n) is 9.23. The zero-order valence-corrected chi connectivity index (χ0v) is 10.0. The van der Waals surface area contributed by atoms with Gasteiger partial charge in [0, 0.05) is 24.7 Å². The van der Waals surface area contributed by atoms with E-state index in [0.29, 0.717) is 18.2 Å². The van der Waals surface area contributed by atoms with Crippen molar-refractivity contribution < 1.29 is 5.11 Å². The molecule has 0 radical (unpaired) electrons. The molecule has 86 valence electrons. The number of thioether (sulfide) groups is 1. The van der Waals surface area contributed by atoms with Crippen LogP contribution in [0.5, 0.6) is 0 Å². The van der Waals surface area contributed by atoms with E-state index in [1.54, 1.807) is 12.4 Å². The number of nitrogens with one attached hydrogen (secondary N) is 2. The van der Waals surface area contributed by atoms with E-state index < -0.39 is 0 Å². The van der Waals surface area contributed by atoms with Gasteiger partial charge in [-0.05, 0) is 12.5 Å². The highest BCUT2D eigenvalue weighted by atomic mass is 32.2. The highest BCUT2D eigenvalue weighted by Gasteiger charge is 2.05. The number of aromatic nitrogens is 2. The van der Waals surface area contributed by atoms with Crippen LogP contribution in [0.3, 0.4) is 0 Å². The maximum absolute atomic E-state index is 9.64. The summed E-state index contributed by atoms with van der Waals surface area (Å²) in [5, 5.41) is 13.7. The predicted octanol–water partition coefficient (Wildman–Crippen LogP) is 1.11. The lowest BCUT2D eigenvalue weighted by molar-refractivity contribution is 0.194. The molecule has 5 heteroatoms. The average molecular weight is 229 g/mol. The largest absolute Gasteiger partial charge is 0.391 e. The van der Waals surface area contributed by atoms with E-state index in [9.17, 15) is 5.11 Å². The minimum absolute atomic E-state index is 0.321. The van der Waals surface area contributed by atoms with Crippen molar-refractivity contribution in [3.05, 3.63) is 12.4 Å². The Hall–Kier alpha value is -0.520. The van der Waals surface area contributed by atoms with E-state index in [2.05, 4.69) is 29.1 Å². The van der Waals surface area contributed by atoms with Gasteiger partial charge >= 0.3 is 0 Å². The van der Waals surface area contributed by atoms with Crippen molar-refractivity contribution in [3.8, 4) is 0 Å². The molecule has 0 bridgehead atoms. The van der Waals surface area contributed by atoms with E-state index in [-0.39, 0.29) is 6.10 Å². The Kier molecular flexibility index (Phi) is 5.75. The average Bonchev–Trinajstić information content (AvgIpc) is 2.66. The lowest BCUT2D eigenvalue weighted by atomic mass is 10.2. The van der Waals surface area contributed by atoms with Gasteiger partial charge in [-0.3, -0.25) is 0 Å². The molecule has 0 saturated carbocycles. The van der Waals surface area contributed by atoms with Crippen LogP contribution in [0.1, 0.15) is 13.8 Å². The summed E-state index contributed by atoms with van der Waals surface area (Å²) in [5.74, 6) is 1.29. The summed E-state index contributed by atoms with van der Waals surface area (Å²) < 4.78 is 0. The number of aliphatic hydroxyl groups is 1. The van der Waals surface area contributed by atoms with Crippen LogP contribution in [0.25, 0.3) is 0 Å². The second-order valence-corrected chi connectivity index (χ2v) is 4.92. The molecule has 1 aromatic heterocycles. The van der Waals surface area contributed by atoms with Gasteiger partial charge in [0.25, 0.3) is 0 Å². The van der Waals surface area contributed by atoms with Crippen molar-refractivity contribution in [2.24, 2.45) is 5.92 Å². The summed E-state index contributed by atoms with van der Waals surface area (Å²) >= 11 is 1.54. The lowest BCUT2D eigenvalue weighted by Crippen LogP contribution is -2.31. The summed E-state index contributed by atoms with van der Waals surface area (Å²) in [6.45, 7) is 5.89. The van der Waals surface area contributed by atoms with Crippen LogP contribution in [0, 0.1) is 5.92 Å². The first-order valence-electron chi connectivity index (χ1n) is 5.19. The molecule has 0 aliphatic carbocycles. The quantitative estimate of drug-likeness (QED) is 0.613. The molecule has 1 unspecified atom stereocenters. The van der Waals surface area contributed by atoms with Gasteiger partial charge in [-0.25, -0.2) is 4.98 Å². The van der Waals surface area contributed by atoms with Crippen molar-refractivity contribution in [1.29, 1.82) is 0 Å². The minimum Gasteiger partial charge on any atom is -0.391 e. The van der Waals surface area contributed by atoms with Crippen LogP contribution in [-0.4, -0.2) is 40.0 Å². The van der Waals surface area contributed by atoms with Gasteiger partial charge in [0.1, 0.15) is 0 Å². The highest BCUT2D eigenvalue weighted by Crippen LogP contribution is 2.12. The molecule has 0 aliphatic rings. The van der Waals surface area contributed by atoms with Crippen molar-refractivity contribution >= 4 is 11.8 Å². The number of aliphatic hydroxyl groups excluding tert-OH is 1. The highest BCUT2D eigenvalue weighted by molar-refractivity contribution is 7.99. The van der Waals surface area contributed by atoms with Gasteiger partial charge in [0.2, 0.25) is 0 Å². The van der Waals surface area contributed by atoms with E-state index in [0.717, 1.165) is 11.7 Å². The molecule has 1 rings (SSSR count). The van der Waals surface area contributed by atoms with Gasteiger partial charge in [-0.15, -0.1) is 0 Å². The maximum atomic E-state index is 9.64.